The van der Waals surface area contributed by atoms with Crippen molar-refractivity contribution in [2.75, 3.05) is 5.32 Å². The third-order valence-electron chi connectivity index (χ3n) is 2.64. The predicted molar refractivity (Wildman–Crippen MR) is 78.1 cm³/mol. The van der Waals surface area contributed by atoms with Gasteiger partial charge < -0.3 is 5.32 Å². The molecule has 110 valence electrons. The van der Waals surface area contributed by atoms with Crippen LogP contribution in [0.5, 0.6) is 0 Å². The van der Waals surface area contributed by atoms with Crippen LogP contribution in [0.15, 0.2) is 47.4 Å². The van der Waals surface area contributed by atoms with Crippen molar-refractivity contribution in [3.63, 3.8) is 0 Å². The number of carbonyl (C=O) groups is 1. The maximum atomic E-state index is 12.6. The number of anilines is 1. The van der Waals surface area contributed by atoms with E-state index in [1.54, 1.807) is 6.07 Å². The standard InChI is InChI=1S/C14H9ClF3NOS/c15-12-5-4-10(21)7-11(12)13(20)19-9-3-1-2-8(6-9)14(16,17)18/h1-7,21H,(H,19,20). The molecule has 0 saturated carbocycles. The molecule has 0 aliphatic heterocycles. The highest BCUT2D eigenvalue weighted by molar-refractivity contribution is 7.80. The fourth-order valence-corrected chi connectivity index (χ4v) is 2.07. The minimum atomic E-state index is -4.47. The molecule has 0 spiro atoms. The number of benzene rings is 2. The number of nitrogens with one attached hydrogen (secondary N) is 1. The van der Waals surface area contributed by atoms with Gasteiger partial charge in [-0.2, -0.15) is 13.2 Å². The van der Waals surface area contributed by atoms with Gasteiger partial charge in [0.25, 0.3) is 5.91 Å². The lowest BCUT2D eigenvalue weighted by Gasteiger charge is -2.10. The molecule has 2 aromatic carbocycles. The Morgan fingerprint density at radius 1 is 1.14 bits per heavy atom. The van der Waals surface area contributed by atoms with E-state index < -0.39 is 17.6 Å². The van der Waals surface area contributed by atoms with Gasteiger partial charge in [0.15, 0.2) is 0 Å². The summed E-state index contributed by atoms with van der Waals surface area (Å²) in [5.41, 5.74) is -0.661. The quantitative estimate of drug-likeness (QED) is 0.753. The summed E-state index contributed by atoms with van der Waals surface area (Å²) >= 11 is 9.98. The number of carbonyl (C=O) groups excluding carboxylic acids is 1. The smallest absolute Gasteiger partial charge is 0.322 e. The highest BCUT2D eigenvalue weighted by Crippen LogP contribution is 2.31. The first-order valence-electron chi connectivity index (χ1n) is 5.74. The normalized spacial score (nSPS) is 11.3. The molecule has 21 heavy (non-hydrogen) atoms. The van der Waals surface area contributed by atoms with E-state index in [0.29, 0.717) is 4.90 Å². The first-order valence-corrected chi connectivity index (χ1v) is 6.57. The van der Waals surface area contributed by atoms with Crippen molar-refractivity contribution < 1.29 is 18.0 Å². The van der Waals surface area contributed by atoms with Gasteiger partial charge in [-0.15, -0.1) is 12.6 Å². The molecular weight excluding hydrogens is 323 g/mol. The van der Waals surface area contributed by atoms with E-state index in [0.717, 1.165) is 12.1 Å². The molecule has 1 N–H and O–H groups in total. The van der Waals surface area contributed by atoms with Gasteiger partial charge >= 0.3 is 6.18 Å². The van der Waals surface area contributed by atoms with Gasteiger partial charge in [-0.05, 0) is 36.4 Å². The van der Waals surface area contributed by atoms with Gasteiger partial charge in [0.05, 0.1) is 16.1 Å². The van der Waals surface area contributed by atoms with Crippen LogP contribution in [-0.4, -0.2) is 5.91 Å². The van der Waals surface area contributed by atoms with E-state index in [1.807, 2.05) is 0 Å². The van der Waals surface area contributed by atoms with Crippen molar-refractivity contribution in [3.05, 3.63) is 58.6 Å². The Morgan fingerprint density at radius 2 is 1.86 bits per heavy atom. The molecule has 0 atom stereocenters. The summed E-state index contributed by atoms with van der Waals surface area (Å²) in [4.78, 5) is 12.6. The van der Waals surface area contributed by atoms with E-state index in [9.17, 15) is 18.0 Å². The Morgan fingerprint density at radius 3 is 2.52 bits per heavy atom. The van der Waals surface area contributed by atoms with Gasteiger partial charge in [0.2, 0.25) is 0 Å². The van der Waals surface area contributed by atoms with E-state index in [4.69, 9.17) is 11.6 Å². The minimum absolute atomic E-state index is 0.0375. The van der Waals surface area contributed by atoms with E-state index in [-0.39, 0.29) is 16.3 Å². The first-order chi connectivity index (χ1) is 9.77. The predicted octanol–water partition coefficient (Wildman–Crippen LogP) is 4.90. The van der Waals surface area contributed by atoms with Crippen LogP contribution in [0.25, 0.3) is 0 Å². The van der Waals surface area contributed by atoms with Crippen molar-refractivity contribution >= 4 is 35.8 Å². The zero-order chi connectivity index (χ0) is 15.6. The van der Waals surface area contributed by atoms with E-state index in [1.165, 1.54) is 24.3 Å². The van der Waals surface area contributed by atoms with E-state index >= 15 is 0 Å². The van der Waals surface area contributed by atoms with Crippen molar-refractivity contribution in [1.82, 2.24) is 0 Å². The molecule has 0 saturated heterocycles. The lowest BCUT2D eigenvalue weighted by atomic mass is 10.1. The Kier molecular flexibility index (Phi) is 4.49. The van der Waals surface area contributed by atoms with Crippen molar-refractivity contribution in [3.8, 4) is 0 Å². The van der Waals surface area contributed by atoms with Crippen LogP contribution in [-0.2, 0) is 6.18 Å². The number of halogens is 4. The van der Waals surface area contributed by atoms with Crippen LogP contribution in [0.1, 0.15) is 15.9 Å². The van der Waals surface area contributed by atoms with Gasteiger partial charge in [-0.25, -0.2) is 0 Å². The Labute approximate surface area is 129 Å². The Hall–Kier alpha value is -1.66. The largest absolute Gasteiger partial charge is 0.416 e. The lowest BCUT2D eigenvalue weighted by Crippen LogP contribution is -2.13. The van der Waals surface area contributed by atoms with Crippen LogP contribution >= 0.6 is 24.2 Å². The summed E-state index contributed by atoms with van der Waals surface area (Å²) in [6.45, 7) is 0. The molecule has 0 bridgehead atoms. The molecule has 0 unspecified atom stereocenters. The average Bonchev–Trinajstić information content (AvgIpc) is 2.41. The summed E-state index contributed by atoms with van der Waals surface area (Å²) in [7, 11) is 0. The van der Waals surface area contributed by atoms with Crippen molar-refractivity contribution in [1.29, 1.82) is 0 Å². The Bertz CT molecular complexity index is 688. The third-order valence-corrected chi connectivity index (χ3v) is 3.25. The molecule has 0 aromatic heterocycles. The van der Waals surface area contributed by atoms with Gasteiger partial charge in [0, 0.05) is 10.6 Å². The molecule has 7 heteroatoms. The number of hydrogen-bond donors (Lipinski definition) is 2. The topological polar surface area (TPSA) is 29.1 Å². The Balaban J connectivity index is 2.26. The molecule has 0 heterocycles. The van der Waals surface area contributed by atoms with Crippen LogP contribution < -0.4 is 5.32 Å². The number of rotatable bonds is 2. The summed E-state index contributed by atoms with van der Waals surface area (Å²) in [5, 5.41) is 2.57. The summed E-state index contributed by atoms with van der Waals surface area (Å²) < 4.78 is 37.8. The highest BCUT2D eigenvalue weighted by atomic mass is 35.5. The zero-order valence-electron chi connectivity index (χ0n) is 10.4. The average molecular weight is 332 g/mol. The number of alkyl halides is 3. The molecule has 0 aliphatic rings. The van der Waals surface area contributed by atoms with Crippen molar-refractivity contribution in [2.24, 2.45) is 0 Å². The second kappa shape index (κ2) is 5.99. The van der Waals surface area contributed by atoms with Crippen molar-refractivity contribution in [2.45, 2.75) is 11.1 Å². The molecule has 2 aromatic rings. The highest BCUT2D eigenvalue weighted by Gasteiger charge is 2.30. The molecular formula is C14H9ClF3NOS. The monoisotopic (exact) mass is 331 g/mol. The third kappa shape index (κ3) is 3.92. The van der Waals surface area contributed by atoms with Gasteiger partial charge in [-0.3, -0.25) is 4.79 Å². The summed E-state index contributed by atoms with van der Waals surface area (Å²) in [6, 6.07) is 8.90. The molecule has 0 fully saturated rings. The van der Waals surface area contributed by atoms with Crippen LogP contribution in [0.4, 0.5) is 18.9 Å². The second-order valence-corrected chi connectivity index (χ2v) is 5.12. The number of amides is 1. The molecule has 2 rings (SSSR count). The summed E-state index contributed by atoms with van der Waals surface area (Å²) in [5.74, 6) is -0.602. The fraction of sp³-hybridized carbons (Fsp3) is 0.0714. The number of thiol groups is 1. The minimum Gasteiger partial charge on any atom is -0.322 e. The van der Waals surface area contributed by atoms with Crippen LogP contribution in [0.3, 0.4) is 0 Å². The number of hydrogen-bond acceptors (Lipinski definition) is 2. The summed E-state index contributed by atoms with van der Waals surface area (Å²) in [6.07, 6.45) is -4.47. The molecule has 1 amide bonds. The van der Waals surface area contributed by atoms with Crippen LogP contribution in [0.2, 0.25) is 5.02 Å². The second-order valence-electron chi connectivity index (χ2n) is 4.20. The zero-order valence-corrected chi connectivity index (χ0v) is 12.1. The fourth-order valence-electron chi connectivity index (χ4n) is 1.66. The van der Waals surface area contributed by atoms with Gasteiger partial charge in [0.1, 0.15) is 0 Å². The van der Waals surface area contributed by atoms with Crippen LogP contribution in [0, 0.1) is 0 Å². The van der Waals surface area contributed by atoms with E-state index in [2.05, 4.69) is 17.9 Å². The maximum absolute atomic E-state index is 12.6. The lowest BCUT2D eigenvalue weighted by molar-refractivity contribution is -0.137. The molecule has 0 radical (unpaired) electrons. The first kappa shape index (κ1) is 15.7. The maximum Gasteiger partial charge on any atom is 0.416 e. The molecule has 2 nitrogen and oxygen atoms in total. The van der Waals surface area contributed by atoms with Gasteiger partial charge in [-0.1, -0.05) is 17.7 Å². The SMILES string of the molecule is O=C(Nc1cccc(C(F)(F)F)c1)c1cc(S)ccc1Cl. The molecule has 0 aliphatic carbocycles.